The fourth-order valence-electron chi connectivity index (χ4n) is 1.61. The molecule has 2 rings (SSSR count). The SMILES string of the molecule is Cc1csc(C(C)n2cc(C(=O)O)c(=O)[nH]c2=O)n1. The Kier molecular flexibility index (Phi) is 3.34. The highest BCUT2D eigenvalue weighted by atomic mass is 32.1. The van der Waals surface area contributed by atoms with Crippen LogP contribution in [0.5, 0.6) is 0 Å². The highest BCUT2D eigenvalue weighted by Crippen LogP contribution is 2.20. The molecule has 0 saturated carbocycles. The molecule has 7 nitrogen and oxygen atoms in total. The number of rotatable bonds is 3. The molecule has 100 valence electrons. The number of hydrogen-bond donors (Lipinski definition) is 2. The average molecular weight is 281 g/mol. The Morgan fingerprint density at radius 1 is 1.53 bits per heavy atom. The van der Waals surface area contributed by atoms with Crippen molar-refractivity contribution in [3.05, 3.63) is 48.7 Å². The number of nitrogens with one attached hydrogen (secondary N) is 1. The number of hydrogen-bond acceptors (Lipinski definition) is 5. The Morgan fingerprint density at radius 3 is 2.74 bits per heavy atom. The van der Waals surface area contributed by atoms with Gasteiger partial charge in [0.2, 0.25) is 0 Å². The van der Waals surface area contributed by atoms with E-state index in [0.717, 1.165) is 16.5 Å². The van der Waals surface area contributed by atoms with Gasteiger partial charge < -0.3 is 5.11 Å². The number of aromatic nitrogens is 3. The maximum atomic E-state index is 11.7. The van der Waals surface area contributed by atoms with Crippen LogP contribution in [0, 0.1) is 6.92 Å². The van der Waals surface area contributed by atoms with E-state index in [4.69, 9.17) is 5.11 Å². The summed E-state index contributed by atoms with van der Waals surface area (Å²) in [6, 6.07) is -0.443. The first-order chi connectivity index (χ1) is 8.90. The van der Waals surface area contributed by atoms with Crippen LogP contribution in [0.25, 0.3) is 0 Å². The molecule has 2 aromatic rings. The van der Waals surface area contributed by atoms with Crippen LogP contribution in [0.3, 0.4) is 0 Å². The maximum absolute atomic E-state index is 11.7. The second-order valence-electron chi connectivity index (χ2n) is 4.02. The van der Waals surface area contributed by atoms with E-state index >= 15 is 0 Å². The van der Waals surface area contributed by atoms with E-state index in [0.29, 0.717) is 5.01 Å². The molecule has 2 aromatic heterocycles. The van der Waals surface area contributed by atoms with E-state index in [1.807, 2.05) is 17.3 Å². The van der Waals surface area contributed by atoms with Gasteiger partial charge in [-0.15, -0.1) is 11.3 Å². The molecule has 1 atom stereocenters. The number of carboxylic acid groups (broad SMARTS) is 1. The number of carboxylic acids is 1. The predicted molar refractivity (Wildman–Crippen MR) is 68.9 cm³/mol. The number of nitrogens with zero attached hydrogens (tertiary/aromatic N) is 2. The monoisotopic (exact) mass is 281 g/mol. The molecule has 0 saturated heterocycles. The minimum Gasteiger partial charge on any atom is -0.477 e. The Morgan fingerprint density at radius 2 is 2.21 bits per heavy atom. The minimum atomic E-state index is -1.38. The van der Waals surface area contributed by atoms with Gasteiger partial charge in [0.25, 0.3) is 5.56 Å². The van der Waals surface area contributed by atoms with Crippen molar-refractivity contribution in [1.29, 1.82) is 0 Å². The van der Waals surface area contributed by atoms with Crippen molar-refractivity contribution in [2.45, 2.75) is 19.9 Å². The lowest BCUT2D eigenvalue weighted by atomic mass is 10.3. The third-order valence-electron chi connectivity index (χ3n) is 2.61. The van der Waals surface area contributed by atoms with Crippen LogP contribution in [0.1, 0.15) is 34.0 Å². The molecule has 2 heterocycles. The van der Waals surface area contributed by atoms with Gasteiger partial charge in [-0.3, -0.25) is 14.3 Å². The number of thiazole rings is 1. The fourth-order valence-corrected chi connectivity index (χ4v) is 2.46. The Balaban J connectivity index is 2.56. The van der Waals surface area contributed by atoms with Gasteiger partial charge in [0.1, 0.15) is 10.6 Å². The van der Waals surface area contributed by atoms with Gasteiger partial charge in [-0.2, -0.15) is 0 Å². The third-order valence-corrected chi connectivity index (χ3v) is 3.74. The van der Waals surface area contributed by atoms with Gasteiger partial charge in [-0.1, -0.05) is 0 Å². The van der Waals surface area contributed by atoms with E-state index in [1.54, 1.807) is 6.92 Å². The van der Waals surface area contributed by atoms with Crippen molar-refractivity contribution >= 4 is 17.3 Å². The average Bonchev–Trinajstić information content (AvgIpc) is 2.74. The highest BCUT2D eigenvalue weighted by molar-refractivity contribution is 7.09. The molecule has 0 bridgehead atoms. The standard InChI is InChI=1S/C11H11N3O4S/c1-5-4-19-9(12-5)6(2)14-3-7(10(16)17)8(15)13-11(14)18/h3-4,6H,1-2H3,(H,16,17)(H,13,15,18). The van der Waals surface area contributed by atoms with Gasteiger partial charge in [0.05, 0.1) is 6.04 Å². The minimum absolute atomic E-state index is 0.443. The van der Waals surface area contributed by atoms with Crippen molar-refractivity contribution in [3.8, 4) is 0 Å². The van der Waals surface area contributed by atoms with E-state index in [2.05, 4.69) is 4.98 Å². The van der Waals surface area contributed by atoms with Crippen LogP contribution in [-0.4, -0.2) is 25.6 Å². The quantitative estimate of drug-likeness (QED) is 0.857. The molecule has 0 aliphatic rings. The molecule has 0 aliphatic carbocycles. The van der Waals surface area contributed by atoms with Crippen molar-refractivity contribution < 1.29 is 9.90 Å². The Bertz CT molecular complexity index is 743. The van der Waals surface area contributed by atoms with Crippen molar-refractivity contribution in [2.75, 3.05) is 0 Å². The van der Waals surface area contributed by atoms with E-state index in [9.17, 15) is 14.4 Å². The predicted octanol–water partition coefficient (Wildman–Crippen LogP) is 0.609. The first-order valence-corrected chi connectivity index (χ1v) is 6.29. The van der Waals surface area contributed by atoms with Crippen LogP contribution in [0.4, 0.5) is 0 Å². The van der Waals surface area contributed by atoms with E-state index in [-0.39, 0.29) is 0 Å². The topological polar surface area (TPSA) is 105 Å². The molecule has 2 N–H and O–H groups in total. The first kappa shape index (κ1) is 13.2. The number of aromatic amines is 1. The van der Waals surface area contributed by atoms with Crippen molar-refractivity contribution in [1.82, 2.24) is 14.5 Å². The second kappa shape index (κ2) is 4.81. The zero-order valence-electron chi connectivity index (χ0n) is 10.2. The zero-order valence-corrected chi connectivity index (χ0v) is 11.0. The molecule has 0 spiro atoms. The van der Waals surface area contributed by atoms with Gasteiger partial charge in [-0.25, -0.2) is 14.6 Å². The summed E-state index contributed by atoms with van der Waals surface area (Å²) in [5.74, 6) is -1.38. The lowest BCUT2D eigenvalue weighted by molar-refractivity contribution is 0.0693. The molecule has 0 aromatic carbocycles. The largest absolute Gasteiger partial charge is 0.477 e. The Labute approximate surface area is 111 Å². The molecule has 0 fully saturated rings. The van der Waals surface area contributed by atoms with Crippen LogP contribution in [0.2, 0.25) is 0 Å². The van der Waals surface area contributed by atoms with Gasteiger partial charge in [0, 0.05) is 17.3 Å². The molecule has 8 heteroatoms. The molecule has 0 radical (unpaired) electrons. The molecule has 1 unspecified atom stereocenters. The summed E-state index contributed by atoms with van der Waals surface area (Å²) in [5.41, 5.74) is -1.21. The number of carbonyl (C=O) groups is 1. The molecule has 0 amide bonds. The van der Waals surface area contributed by atoms with E-state index < -0.39 is 28.8 Å². The molecular weight excluding hydrogens is 270 g/mol. The number of aryl methyl sites for hydroxylation is 1. The lowest BCUT2D eigenvalue weighted by Gasteiger charge is -2.12. The second-order valence-corrected chi connectivity index (χ2v) is 4.91. The van der Waals surface area contributed by atoms with Gasteiger partial charge >= 0.3 is 11.7 Å². The smallest absolute Gasteiger partial charge is 0.342 e. The van der Waals surface area contributed by atoms with Crippen molar-refractivity contribution in [2.24, 2.45) is 0 Å². The number of H-pyrrole nitrogens is 1. The third kappa shape index (κ3) is 2.48. The van der Waals surface area contributed by atoms with Crippen LogP contribution in [0.15, 0.2) is 21.2 Å². The highest BCUT2D eigenvalue weighted by Gasteiger charge is 2.17. The van der Waals surface area contributed by atoms with Crippen molar-refractivity contribution in [3.63, 3.8) is 0 Å². The Hall–Kier alpha value is -2.22. The summed E-state index contributed by atoms with van der Waals surface area (Å²) in [6.07, 6.45) is 1.05. The summed E-state index contributed by atoms with van der Waals surface area (Å²) in [6.45, 7) is 3.54. The molecule has 19 heavy (non-hydrogen) atoms. The van der Waals surface area contributed by atoms with E-state index in [1.165, 1.54) is 11.3 Å². The van der Waals surface area contributed by atoms with Gasteiger partial charge in [0.15, 0.2) is 0 Å². The zero-order chi connectivity index (χ0) is 14.2. The summed E-state index contributed by atoms with van der Waals surface area (Å²) < 4.78 is 1.16. The summed E-state index contributed by atoms with van der Waals surface area (Å²) in [7, 11) is 0. The molecule has 0 aliphatic heterocycles. The normalized spacial score (nSPS) is 12.3. The summed E-state index contributed by atoms with van der Waals surface area (Å²) in [5, 5.41) is 11.4. The van der Waals surface area contributed by atoms with Crippen LogP contribution in [-0.2, 0) is 0 Å². The lowest BCUT2D eigenvalue weighted by Crippen LogP contribution is -2.35. The van der Waals surface area contributed by atoms with Gasteiger partial charge in [-0.05, 0) is 13.8 Å². The molecular formula is C11H11N3O4S. The summed E-state index contributed by atoms with van der Waals surface area (Å²) >= 11 is 1.37. The van der Waals surface area contributed by atoms with Crippen LogP contribution < -0.4 is 11.2 Å². The first-order valence-electron chi connectivity index (χ1n) is 5.41. The van der Waals surface area contributed by atoms with Crippen LogP contribution >= 0.6 is 11.3 Å². The summed E-state index contributed by atoms with van der Waals surface area (Å²) in [4.78, 5) is 40.2. The maximum Gasteiger partial charge on any atom is 0.342 e. The fraction of sp³-hybridized carbons (Fsp3) is 0.273. The number of aromatic carboxylic acids is 1.